The minimum atomic E-state index is -1.07. The second-order valence-electron chi connectivity index (χ2n) is 11.1. The molecule has 0 radical (unpaired) electrons. The molecule has 1 atom stereocenters. The molecule has 0 aromatic heterocycles. The van der Waals surface area contributed by atoms with Crippen LogP contribution in [0.4, 0.5) is 25.4 Å². The van der Waals surface area contributed by atoms with Crippen molar-refractivity contribution < 1.29 is 28.2 Å². The average Bonchev–Trinajstić information content (AvgIpc) is 3.43. The second-order valence-corrected chi connectivity index (χ2v) is 11.5. The number of hydrogen-bond donors (Lipinski definition) is 3. The number of nitrogens with zero attached hydrogens (tertiary/aromatic N) is 2. The molecule has 12 heteroatoms. The maximum absolute atomic E-state index is 15.9. The number of anilines is 2. The average molecular weight is 528 g/mol. The number of amides is 3. The summed E-state index contributed by atoms with van der Waals surface area (Å²) in [7, 11) is 0. The van der Waals surface area contributed by atoms with E-state index >= 15 is 4.39 Å². The predicted molar refractivity (Wildman–Crippen MR) is 135 cm³/mol. The summed E-state index contributed by atoms with van der Waals surface area (Å²) in [6, 6.07) is 1.02. The van der Waals surface area contributed by atoms with Gasteiger partial charge >= 0.3 is 12.2 Å². The van der Waals surface area contributed by atoms with Gasteiger partial charge in [-0.15, -0.1) is 0 Å². The van der Waals surface area contributed by atoms with E-state index in [2.05, 4.69) is 10.6 Å². The summed E-state index contributed by atoms with van der Waals surface area (Å²) < 4.78 is 26.4. The first kappa shape index (κ1) is 27.8. The van der Waals surface area contributed by atoms with Crippen LogP contribution in [-0.2, 0) is 9.47 Å². The smallest absolute Gasteiger partial charge is 0.432 e. The van der Waals surface area contributed by atoms with Crippen LogP contribution in [-0.4, -0.2) is 59.5 Å². The molecule has 3 rings (SSSR count). The van der Waals surface area contributed by atoms with Crippen molar-refractivity contribution in [3.05, 3.63) is 22.5 Å². The Morgan fingerprint density at radius 3 is 2.25 bits per heavy atom. The highest BCUT2D eigenvalue weighted by atomic mass is 35.5. The van der Waals surface area contributed by atoms with Crippen molar-refractivity contribution in [2.45, 2.75) is 84.1 Å². The molecule has 1 aliphatic carbocycles. The zero-order chi connectivity index (χ0) is 27.0. The number of hydrazine groups is 1. The Bertz CT molecular complexity index is 1040. The first-order valence-corrected chi connectivity index (χ1v) is 12.3. The van der Waals surface area contributed by atoms with Gasteiger partial charge in [0.05, 0.1) is 28.0 Å². The van der Waals surface area contributed by atoms with Crippen molar-refractivity contribution in [3.8, 4) is 0 Å². The molecule has 1 unspecified atom stereocenters. The van der Waals surface area contributed by atoms with Gasteiger partial charge in [-0.1, -0.05) is 11.6 Å². The van der Waals surface area contributed by atoms with E-state index < -0.39 is 35.1 Å². The molecular formula is C24H35ClFN5O5. The van der Waals surface area contributed by atoms with Crippen LogP contribution in [0.25, 0.3) is 0 Å². The van der Waals surface area contributed by atoms with Crippen molar-refractivity contribution >= 4 is 41.1 Å². The van der Waals surface area contributed by atoms with Gasteiger partial charge in [0.1, 0.15) is 11.2 Å². The maximum atomic E-state index is 15.9. The third-order valence-electron chi connectivity index (χ3n) is 5.38. The molecular weight excluding hydrogens is 493 g/mol. The highest BCUT2D eigenvalue weighted by molar-refractivity contribution is 6.34. The number of ether oxygens (including phenoxy) is 2. The Morgan fingerprint density at radius 2 is 1.69 bits per heavy atom. The lowest BCUT2D eigenvalue weighted by molar-refractivity contribution is 0.0239. The monoisotopic (exact) mass is 527 g/mol. The largest absolute Gasteiger partial charge is 0.444 e. The Morgan fingerprint density at radius 1 is 1.08 bits per heavy atom. The van der Waals surface area contributed by atoms with Crippen molar-refractivity contribution in [3.63, 3.8) is 0 Å². The molecule has 1 aliphatic heterocycles. The first-order valence-electron chi connectivity index (χ1n) is 11.9. The lowest BCUT2D eigenvalue weighted by atomic mass is 10.1. The molecule has 10 nitrogen and oxygen atoms in total. The third-order valence-corrected chi connectivity index (χ3v) is 5.67. The minimum Gasteiger partial charge on any atom is -0.444 e. The summed E-state index contributed by atoms with van der Waals surface area (Å²) in [5.74, 6) is 4.06. The quantitative estimate of drug-likeness (QED) is 0.292. The zero-order valence-corrected chi connectivity index (χ0v) is 22.3. The number of hydrogen-bond acceptors (Lipinski definition) is 8. The van der Waals surface area contributed by atoms with E-state index in [0.29, 0.717) is 24.5 Å². The van der Waals surface area contributed by atoms with E-state index in [9.17, 15) is 14.4 Å². The van der Waals surface area contributed by atoms with Gasteiger partial charge in [-0.2, -0.15) is 5.01 Å². The van der Waals surface area contributed by atoms with E-state index in [1.165, 1.54) is 6.07 Å². The summed E-state index contributed by atoms with van der Waals surface area (Å²) in [6.07, 6.45) is 0.560. The highest BCUT2D eigenvalue weighted by Crippen LogP contribution is 2.40. The fourth-order valence-corrected chi connectivity index (χ4v) is 4.03. The number of nitrogens with one attached hydrogen (secondary N) is 2. The maximum Gasteiger partial charge on any atom is 0.432 e. The van der Waals surface area contributed by atoms with Gasteiger partial charge in [-0.25, -0.2) is 19.8 Å². The lowest BCUT2D eigenvalue weighted by Gasteiger charge is -2.26. The summed E-state index contributed by atoms with van der Waals surface area (Å²) in [4.78, 5) is 39.3. The summed E-state index contributed by atoms with van der Waals surface area (Å²) in [5.41, 5.74) is -1.67. The molecule has 36 heavy (non-hydrogen) atoms. The van der Waals surface area contributed by atoms with Crippen LogP contribution >= 0.6 is 11.6 Å². The molecule has 1 saturated carbocycles. The molecule has 4 N–H and O–H groups in total. The molecule has 200 valence electrons. The topological polar surface area (TPSA) is 126 Å². The van der Waals surface area contributed by atoms with Gasteiger partial charge in [0.25, 0.3) is 5.91 Å². The predicted octanol–water partition coefficient (Wildman–Crippen LogP) is 4.41. The van der Waals surface area contributed by atoms with E-state index in [4.69, 9.17) is 26.9 Å². The fourth-order valence-electron chi connectivity index (χ4n) is 3.72. The minimum absolute atomic E-state index is 0.00649. The molecule has 2 aliphatic rings. The molecule has 1 saturated heterocycles. The number of carbonyl (C=O) groups excluding carboxylic acids is 3. The summed E-state index contributed by atoms with van der Waals surface area (Å²) >= 11 is 6.47. The molecule has 1 heterocycles. The van der Waals surface area contributed by atoms with E-state index in [-0.39, 0.29) is 34.0 Å². The number of rotatable bonds is 5. The Kier molecular flexibility index (Phi) is 7.95. The number of carbonyl (C=O) groups is 3. The molecule has 1 aromatic rings. The van der Waals surface area contributed by atoms with Crippen LogP contribution in [0.15, 0.2) is 6.07 Å². The highest BCUT2D eigenvalue weighted by Gasteiger charge is 2.35. The van der Waals surface area contributed by atoms with Crippen LogP contribution < -0.4 is 21.4 Å². The number of halogens is 2. The van der Waals surface area contributed by atoms with Crippen LogP contribution in [0.1, 0.15) is 71.2 Å². The zero-order valence-electron chi connectivity index (χ0n) is 21.5. The van der Waals surface area contributed by atoms with Crippen molar-refractivity contribution in [2.75, 3.05) is 23.3 Å². The molecule has 0 spiro atoms. The molecule has 1 aromatic carbocycles. The van der Waals surface area contributed by atoms with Crippen LogP contribution in [0.3, 0.4) is 0 Å². The first-order chi connectivity index (χ1) is 16.6. The Balaban J connectivity index is 1.85. The van der Waals surface area contributed by atoms with Gasteiger partial charge in [-0.3, -0.25) is 4.79 Å². The molecule has 3 amide bonds. The van der Waals surface area contributed by atoms with E-state index in [1.54, 1.807) is 46.4 Å². The van der Waals surface area contributed by atoms with Gasteiger partial charge in [0, 0.05) is 19.1 Å². The summed E-state index contributed by atoms with van der Waals surface area (Å²) in [6.45, 7) is 10.9. The lowest BCUT2D eigenvalue weighted by Crippen LogP contribution is -2.45. The number of alkyl carbamates (subject to hydrolysis) is 1. The van der Waals surface area contributed by atoms with Crippen molar-refractivity contribution in [1.29, 1.82) is 0 Å². The van der Waals surface area contributed by atoms with Crippen LogP contribution in [0.2, 0.25) is 5.02 Å². The van der Waals surface area contributed by atoms with Gasteiger partial charge in [-0.05, 0) is 66.9 Å². The van der Waals surface area contributed by atoms with Gasteiger partial charge in [0.2, 0.25) is 0 Å². The Hall–Kier alpha value is -2.79. The number of nitrogens with two attached hydrogens (primary N) is 1. The number of benzene rings is 1. The normalized spacial score (nSPS) is 18.0. The molecule has 0 bridgehead atoms. The van der Waals surface area contributed by atoms with Crippen molar-refractivity contribution in [2.24, 2.45) is 5.84 Å². The molecule has 2 fully saturated rings. The Labute approximate surface area is 215 Å². The van der Waals surface area contributed by atoms with Gasteiger partial charge < -0.3 is 25.0 Å². The fraction of sp³-hybridized carbons (Fsp3) is 0.625. The second kappa shape index (κ2) is 10.3. The van der Waals surface area contributed by atoms with Crippen molar-refractivity contribution in [1.82, 2.24) is 10.3 Å². The SMILES string of the molecule is CC(C)(C)OC(=O)NC1CCN(c2c(Cl)cc(C(=O)N(N)C(=O)OC(C)(C)C)c(NC3CC3)c2F)C1. The standard InChI is InChI=1S/C24H35ClFN5O5/c1-23(2,3)35-21(33)29-14-9-10-30(12-14)19-16(25)11-15(18(17(19)26)28-13-7-8-13)20(32)31(27)22(34)36-24(4,5)6/h11,13-14,28H,7-10,12,27H2,1-6H3,(H,29,33). The third kappa shape index (κ3) is 7.13. The number of imide groups is 1. The van der Waals surface area contributed by atoms with E-state index in [0.717, 1.165) is 12.8 Å². The van der Waals surface area contributed by atoms with E-state index in [1.807, 2.05) is 0 Å². The van der Waals surface area contributed by atoms with Crippen LogP contribution in [0, 0.1) is 5.82 Å². The summed E-state index contributed by atoms with van der Waals surface area (Å²) in [5, 5.41) is 6.11. The van der Waals surface area contributed by atoms with Crippen LogP contribution in [0.5, 0.6) is 0 Å². The van der Waals surface area contributed by atoms with Gasteiger partial charge in [0.15, 0.2) is 5.82 Å².